The van der Waals surface area contributed by atoms with Crippen LogP contribution in [0.25, 0.3) is 11.1 Å². The predicted octanol–water partition coefficient (Wildman–Crippen LogP) is 3.78. The second-order valence-corrected chi connectivity index (χ2v) is 6.81. The lowest BCUT2D eigenvalue weighted by atomic mass is 10.1. The van der Waals surface area contributed by atoms with Gasteiger partial charge < -0.3 is 9.73 Å². The van der Waals surface area contributed by atoms with Crippen molar-refractivity contribution in [3.8, 4) is 0 Å². The molecule has 6 heteroatoms. The van der Waals surface area contributed by atoms with Crippen molar-refractivity contribution in [2.45, 2.75) is 38.8 Å². The average molecular weight is 373 g/mol. The van der Waals surface area contributed by atoms with Gasteiger partial charge in [0.2, 0.25) is 5.91 Å². The van der Waals surface area contributed by atoms with E-state index in [9.17, 15) is 9.59 Å². The third-order valence-corrected chi connectivity index (χ3v) is 4.54. The summed E-state index contributed by atoms with van der Waals surface area (Å²) in [6.45, 7) is 2.24. The number of benzene rings is 2. The maximum atomic E-state index is 12.2. The zero-order valence-electron chi connectivity index (χ0n) is 14.6. The van der Waals surface area contributed by atoms with E-state index in [1.54, 1.807) is 18.2 Å². The van der Waals surface area contributed by atoms with Crippen LogP contribution in [-0.4, -0.2) is 16.5 Å². The highest BCUT2D eigenvalue weighted by Gasteiger charge is 2.13. The van der Waals surface area contributed by atoms with Crippen molar-refractivity contribution in [2.24, 2.45) is 0 Å². The van der Waals surface area contributed by atoms with Gasteiger partial charge in [0.15, 0.2) is 5.58 Å². The highest BCUT2D eigenvalue weighted by molar-refractivity contribution is 6.31. The van der Waals surface area contributed by atoms with E-state index in [0.717, 1.165) is 12.8 Å². The van der Waals surface area contributed by atoms with Crippen molar-refractivity contribution < 1.29 is 9.21 Å². The Balaban J connectivity index is 1.53. The van der Waals surface area contributed by atoms with Gasteiger partial charge in [-0.3, -0.25) is 9.36 Å². The Labute approximate surface area is 156 Å². The zero-order valence-corrected chi connectivity index (χ0v) is 15.3. The molecule has 1 atom stereocenters. The molecule has 136 valence electrons. The van der Waals surface area contributed by atoms with E-state index in [1.807, 2.05) is 25.1 Å². The van der Waals surface area contributed by atoms with Gasteiger partial charge in [-0.15, -0.1) is 0 Å². The molecule has 0 aliphatic rings. The van der Waals surface area contributed by atoms with Crippen LogP contribution >= 0.6 is 11.6 Å². The number of nitrogens with zero attached hydrogens (tertiary/aromatic N) is 1. The van der Waals surface area contributed by atoms with E-state index in [0.29, 0.717) is 16.1 Å². The van der Waals surface area contributed by atoms with Crippen molar-refractivity contribution in [3.63, 3.8) is 0 Å². The summed E-state index contributed by atoms with van der Waals surface area (Å²) in [7, 11) is 0. The fraction of sp³-hybridized carbons (Fsp3) is 0.300. The molecule has 0 aliphatic carbocycles. The number of halogens is 1. The molecule has 0 radical (unpaired) electrons. The van der Waals surface area contributed by atoms with Gasteiger partial charge in [0.25, 0.3) is 0 Å². The predicted molar refractivity (Wildman–Crippen MR) is 102 cm³/mol. The first-order valence-electron chi connectivity index (χ1n) is 8.65. The van der Waals surface area contributed by atoms with Crippen LogP contribution in [0.5, 0.6) is 0 Å². The lowest BCUT2D eigenvalue weighted by Crippen LogP contribution is -2.34. The fourth-order valence-electron chi connectivity index (χ4n) is 2.91. The Morgan fingerprint density at radius 3 is 2.77 bits per heavy atom. The van der Waals surface area contributed by atoms with Crippen LogP contribution in [-0.2, 0) is 17.8 Å². The monoisotopic (exact) mass is 372 g/mol. The van der Waals surface area contributed by atoms with Crippen LogP contribution in [0.3, 0.4) is 0 Å². The Hall–Kier alpha value is -2.53. The minimum atomic E-state index is -0.479. The van der Waals surface area contributed by atoms with Crippen molar-refractivity contribution in [1.29, 1.82) is 0 Å². The standard InChI is InChI=1S/C20H21ClN2O3/c1-14(7-8-15-5-3-2-4-6-15)22-19(24)11-12-23-17-13-16(21)9-10-18(17)26-20(23)25/h2-6,9-10,13-14H,7-8,11-12H2,1H3,(H,22,24)/t14-/m0/s1. The molecule has 0 aliphatic heterocycles. The van der Waals surface area contributed by atoms with E-state index in [1.165, 1.54) is 10.1 Å². The van der Waals surface area contributed by atoms with Gasteiger partial charge in [0.05, 0.1) is 5.52 Å². The first kappa shape index (κ1) is 18.3. The molecule has 1 aromatic heterocycles. The largest absolute Gasteiger partial charge is 0.419 e. The van der Waals surface area contributed by atoms with Gasteiger partial charge in [-0.2, -0.15) is 0 Å². The second kappa shape index (κ2) is 8.23. The third-order valence-electron chi connectivity index (χ3n) is 4.31. The number of carbonyl (C=O) groups excluding carboxylic acids is 1. The number of hydrogen-bond donors (Lipinski definition) is 1. The molecule has 0 spiro atoms. The van der Waals surface area contributed by atoms with E-state index in [4.69, 9.17) is 16.0 Å². The lowest BCUT2D eigenvalue weighted by molar-refractivity contribution is -0.121. The van der Waals surface area contributed by atoms with Gasteiger partial charge in [-0.25, -0.2) is 4.79 Å². The number of amides is 1. The van der Waals surface area contributed by atoms with Crippen LogP contribution in [0.1, 0.15) is 25.3 Å². The molecular weight excluding hydrogens is 352 g/mol. The number of fused-ring (bicyclic) bond motifs is 1. The van der Waals surface area contributed by atoms with Gasteiger partial charge in [-0.1, -0.05) is 41.9 Å². The molecule has 5 nitrogen and oxygen atoms in total. The Kier molecular flexibility index (Phi) is 5.78. The average Bonchev–Trinajstić information content (AvgIpc) is 2.93. The third kappa shape index (κ3) is 4.55. The number of aryl methyl sites for hydroxylation is 2. The number of rotatable bonds is 7. The molecule has 3 aromatic rings. The van der Waals surface area contributed by atoms with Gasteiger partial charge in [0, 0.05) is 24.0 Å². The molecule has 1 N–H and O–H groups in total. The molecule has 0 fully saturated rings. The van der Waals surface area contributed by atoms with Crippen LogP contribution in [0, 0.1) is 0 Å². The van der Waals surface area contributed by atoms with E-state index in [-0.39, 0.29) is 24.9 Å². The SMILES string of the molecule is C[C@@H](CCc1ccccc1)NC(=O)CCn1c(=O)oc2ccc(Cl)cc21. The van der Waals surface area contributed by atoms with E-state index < -0.39 is 5.76 Å². The lowest BCUT2D eigenvalue weighted by Gasteiger charge is -2.14. The minimum Gasteiger partial charge on any atom is -0.408 e. The molecular formula is C20H21ClN2O3. The normalized spacial score (nSPS) is 12.2. The Bertz CT molecular complexity index is 947. The highest BCUT2D eigenvalue weighted by Crippen LogP contribution is 2.18. The molecule has 26 heavy (non-hydrogen) atoms. The summed E-state index contributed by atoms with van der Waals surface area (Å²) in [5, 5.41) is 3.50. The fourth-order valence-corrected chi connectivity index (χ4v) is 3.07. The summed E-state index contributed by atoms with van der Waals surface area (Å²) < 4.78 is 6.61. The van der Waals surface area contributed by atoms with Gasteiger partial charge in [0.1, 0.15) is 0 Å². The quantitative estimate of drug-likeness (QED) is 0.686. The van der Waals surface area contributed by atoms with Crippen LogP contribution in [0.4, 0.5) is 0 Å². The van der Waals surface area contributed by atoms with E-state index >= 15 is 0 Å². The van der Waals surface area contributed by atoms with Crippen molar-refractivity contribution >= 4 is 28.6 Å². The molecule has 0 saturated heterocycles. The summed E-state index contributed by atoms with van der Waals surface area (Å²) in [5.74, 6) is -0.568. The number of oxazole rings is 1. The number of aromatic nitrogens is 1. The number of hydrogen-bond acceptors (Lipinski definition) is 3. The van der Waals surface area contributed by atoms with Gasteiger partial charge in [-0.05, 0) is 43.5 Å². The van der Waals surface area contributed by atoms with Crippen molar-refractivity contribution in [3.05, 3.63) is 69.7 Å². The molecule has 1 heterocycles. The second-order valence-electron chi connectivity index (χ2n) is 6.37. The smallest absolute Gasteiger partial charge is 0.408 e. The summed E-state index contributed by atoms with van der Waals surface area (Å²) in [4.78, 5) is 24.2. The number of carbonyl (C=O) groups is 1. The molecule has 0 saturated carbocycles. The van der Waals surface area contributed by atoms with Crippen molar-refractivity contribution in [2.75, 3.05) is 0 Å². The maximum Gasteiger partial charge on any atom is 0.419 e. The van der Waals surface area contributed by atoms with Crippen LogP contribution in [0.2, 0.25) is 5.02 Å². The number of nitrogens with one attached hydrogen (secondary N) is 1. The van der Waals surface area contributed by atoms with Gasteiger partial charge >= 0.3 is 5.76 Å². The molecule has 3 rings (SSSR count). The molecule has 0 unspecified atom stereocenters. The zero-order chi connectivity index (χ0) is 18.5. The first-order valence-corrected chi connectivity index (χ1v) is 9.03. The Morgan fingerprint density at radius 1 is 1.23 bits per heavy atom. The van der Waals surface area contributed by atoms with Crippen molar-refractivity contribution in [1.82, 2.24) is 9.88 Å². The molecule has 0 bridgehead atoms. The molecule has 2 aromatic carbocycles. The summed E-state index contributed by atoms with van der Waals surface area (Å²) >= 11 is 5.98. The van der Waals surface area contributed by atoms with E-state index in [2.05, 4.69) is 17.4 Å². The highest BCUT2D eigenvalue weighted by atomic mass is 35.5. The first-order chi connectivity index (χ1) is 12.5. The minimum absolute atomic E-state index is 0.0648. The maximum absolute atomic E-state index is 12.2. The summed E-state index contributed by atoms with van der Waals surface area (Å²) in [6, 6.07) is 15.2. The topological polar surface area (TPSA) is 64.2 Å². The summed E-state index contributed by atoms with van der Waals surface area (Å²) in [6.07, 6.45) is 1.98. The van der Waals surface area contributed by atoms with Crippen LogP contribution in [0.15, 0.2) is 57.7 Å². The van der Waals surface area contributed by atoms with Crippen LogP contribution < -0.4 is 11.1 Å². The summed E-state index contributed by atoms with van der Waals surface area (Å²) in [5.41, 5.74) is 2.32. The molecule has 1 amide bonds. The Morgan fingerprint density at radius 2 is 2.00 bits per heavy atom.